The molecule has 0 aromatic heterocycles. The van der Waals surface area contributed by atoms with Crippen LogP contribution >= 0.6 is 0 Å². The average Bonchev–Trinajstić information content (AvgIpc) is 2.14. The number of hydrogen-bond acceptors (Lipinski definition) is 2. The Labute approximate surface area is 50.1 Å². The number of likely N-dealkylation sites (tertiary alicyclic amines) is 1. The van der Waals surface area contributed by atoms with Gasteiger partial charge in [-0.3, -0.25) is 0 Å². The number of β-amino-alcohol motifs (C(OH)–C–C–N with tert-alkyl or cyclic N) is 1. The molecule has 1 rings (SSSR count). The van der Waals surface area contributed by atoms with Crippen LogP contribution in [0.5, 0.6) is 0 Å². The largest absolute Gasteiger partial charge is 0.392 e. The summed E-state index contributed by atoms with van der Waals surface area (Å²) in [5.41, 5.74) is 0. The fourth-order valence-electron chi connectivity index (χ4n) is 1.10. The van der Waals surface area contributed by atoms with E-state index in [0.717, 1.165) is 26.1 Å². The fraction of sp³-hybridized carbons (Fsp3) is 1.00. The van der Waals surface area contributed by atoms with E-state index in [9.17, 15) is 0 Å². The molecule has 8 heavy (non-hydrogen) atoms. The number of aliphatic hydroxyl groups is 1. The minimum Gasteiger partial charge on any atom is -0.392 e. The molecule has 1 fully saturated rings. The Kier molecular flexibility index (Phi) is 1.86. The summed E-state index contributed by atoms with van der Waals surface area (Å²) in [6.45, 7) is 5.17. The molecule has 1 N–H and O–H groups in total. The zero-order valence-corrected chi connectivity index (χ0v) is 5.30. The maximum Gasteiger partial charge on any atom is 0.0679 e. The lowest BCUT2D eigenvalue weighted by atomic mass is 10.3. The van der Waals surface area contributed by atoms with E-state index < -0.39 is 0 Å². The SMILES string of the molecule is CCN1CCC(O)C1. The van der Waals surface area contributed by atoms with E-state index in [1.807, 2.05) is 0 Å². The summed E-state index contributed by atoms with van der Waals surface area (Å²) in [6.07, 6.45) is 0.920. The standard InChI is InChI=1S/C6H13NO/c1-2-7-4-3-6(8)5-7/h6,8H,2-5H2,1H3. The maximum atomic E-state index is 8.99. The number of nitrogens with zero attached hydrogens (tertiary/aromatic N) is 1. The van der Waals surface area contributed by atoms with Gasteiger partial charge in [0.25, 0.3) is 0 Å². The van der Waals surface area contributed by atoms with Gasteiger partial charge in [0.15, 0.2) is 0 Å². The van der Waals surface area contributed by atoms with E-state index in [1.54, 1.807) is 0 Å². The number of aliphatic hydroxyl groups excluding tert-OH is 1. The van der Waals surface area contributed by atoms with Crippen LogP contribution in [0.15, 0.2) is 0 Å². The van der Waals surface area contributed by atoms with Gasteiger partial charge in [0, 0.05) is 13.1 Å². The molecule has 0 spiro atoms. The van der Waals surface area contributed by atoms with Gasteiger partial charge in [-0.2, -0.15) is 0 Å². The Morgan fingerprint density at radius 3 is 2.75 bits per heavy atom. The molecule has 0 saturated carbocycles. The van der Waals surface area contributed by atoms with Gasteiger partial charge in [-0.25, -0.2) is 0 Å². The van der Waals surface area contributed by atoms with Crippen LogP contribution < -0.4 is 0 Å². The van der Waals surface area contributed by atoms with Crippen molar-refractivity contribution < 1.29 is 5.11 Å². The van der Waals surface area contributed by atoms with Crippen LogP contribution in [-0.4, -0.2) is 35.7 Å². The fourth-order valence-corrected chi connectivity index (χ4v) is 1.10. The van der Waals surface area contributed by atoms with Crippen molar-refractivity contribution in [3.63, 3.8) is 0 Å². The lowest BCUT2D eigenvalue weighted by Gasteiger charge is -2.09. The molecule has 0 bridgehead atoms. The van der Waals surface area contributed by atoms with Crippen LogP contribution in [0.3, 0.4) is 0 Å². The molecule has 2 heteroatoms. The predicted molar refractivity (Wildman–Crippen MR) is 32.7 cm³/mol. The maximum absolute atomic E-state index is 8.99. The van der Waals surface area contributed by atoms with Gasteiger partial charge in [-0.05, 0) is 13.0 Å². The van der Waals surface area contributed by atoms with E-state index in [4.69, 9.17) is 5.11 Å². The van der Waals surface area contributed by atoms with Crippen molar-refractivity contribution in [2.75, 3.05) is 19.6 Å². The summed E-state index contributed by atoms with van der Waals surface area (Å²) in [6, 6.07) is 0. The molecule has 1 heterocycles. The van der Waals surface area contributed by atoms with Crippen LogP contribution in [-0.2, 0) is 0 Å². The monoisotopic (exact) mass is 115 g/mol. The lowest BCUT2D eigenvalue weighted by molar-refractivity contribution is 0.178. The average molecular weight is 115 g/mol. The molecule has 2 nitrogen and oxygen atoms in total. The number of likely N-dealkylation sites (N-methyl/N-ethyl adjacent to an activating group) is 1. The first-order valence-corrected chi connectivity index (χ1v) is 3.23. The molecule has 1 aliphatic heterocycles. The van der Waals surface area contributed by atoms with Gasteiger partial charge in [-0.1, -0.05) is 6.92 Å². The van der Waals surface area contributed by atoms with Crippen LogP contribution in [0.25, 0.3) is 0 Å². The molecule has 1 aliphatic rings. The molecule has 0 aromatic carbocycles. The highest BCUT2D eigenvalue weighted by Crippen LogP contribution is 2.06. The normalized spacial score (nSPS) is 31.5. The lowest BCUT2D eigenvalue weighted by Crippen LogP contribution is -2.21. The zero-order chi connectivity index (χ0) is 5.98. The van der Waals surface area contributed by atoms with Crippen molar-refractivity contribution in [2.24, 2.45) is 0 Å². The topological polar surface area (TPSA) is 23.5 Å². The quantitative estimate of drug-likeness (QED) is 0.523. The molecule has 0 radical (unpaired) electrons. The molecular weight excluding hydrogens is 102 g/mol. The van der Waals surface area contributed by atoms with E-state index in [-0.39, 0.29) is 6.10 Å². The highest BCUT2D eigenvalue weighted by molar-refractivity contribution is 4.72. The second-order valence-electron chi connectivity index (χ2n) is 2.34. The Morgan fingerprint density at radius 2 is 2.50 bits per heavy atom. The highest BCUT2D eigenvalue weighted by Gasteiger charge is 2.17. The van der Waals surface area contributed by atoms with E-state index in [2.05, 4.69) is 11.8 Å². The molecule has 0 aromatic rings. The summed E-state index contributed by atoms with van der Waals surface area (Å²) in [5.74, 6) is 0. The van der Waals surface area contributed by atoms with Gasteiger partial charge in [-0.15, -0.1) is 0 Å². The van der Waals surface area contributed by atoms with E-state index in [0.29, 0.717) is 0 Å². The van der Waals surface area contributed by atoms with Crippen molar-refractivity contribution in [3.8, 4) is 0 Å². The summed E-state index contributed by atoms with van der Waals surface area (Å²) in [4.78, 5) is 2.25. The third-order valence-corrected chi connectivity index (χ3v) is 1.69. The third-order valence-electron chi connectivity index (χ3n) is 1.69. The van der Waals surface area contributed by atoms with Crippen LogP contribution in [0.2, 0.25) is 0 Å². The molecule has 1 saturated heterocycles. The Hall–Kier alpha value is -0.0800. The van der Waals surface area contributed by atoms with Crippen molar-refractivity contribution in [3.05, 3.63) is 0 Å². The number of rotatable bonds is 1. The van der Waals surface area contributed by atoms with Gasteiger partial charge in [0.2, 0.25) is 0 Å². The third kappa shape index (κ3) is 1.20. The second kappa shape index (κ2) is 2.46. The van der Waals surface area contributed by atoms with Crippen LogP contribution in [0.1, 0.15) is 13.3 Å². The molecular formula is C6H13NO. The summed E-state index contributed by atoms with van der Waals surface area (Å²) in [7, 11) is 0. The minimum atomic E-state index is -0.0463. The first kappa shape index (κ1) is 6.05. The van der Waals surface area contributed by atoms with Gasteiger partial charge >= 0.3 is 0 Å². The Bertz CT molecular complexity index is 74.9. The zero-order valence-electron chi connectivity index (χ0n) is 5.30. The van der Waals surface area contributed by atoms with Gasteiger partial charge in [0.1, 0.15) is 0 Å². The van der Waals surface area contributed by atoms with E-state index >= 15 is 0 Å². The summed E-state index contributed by atoms with van der Waals surface area (Å²) < 4.78 is 0. The van der Waals surface area contributed by atoms with Crippen molar-refractivity contribution in [2.45, 2.75) is 19.4 Å². The molecule has 0 amide bonds. The van der Waals surface area contributed by atoms with Crippen molar-refractivity contribution >= 4 is 0 Å². The smallest absolute Gasteiger partial charge is 0.0679 e. The van der Waals surface area contributed by atoms with Crippen LogP contribution in [0, 0.1) is 0 Å². The highest BCUT2D eigenvalue weighted by atomic mass is 16.3. The second-order valence-corrected chi connectivity index (χ2v) is 2.34. The molecule has 1 atom stereocenters. The number of hydrogen-bond donors (Lipinski definition) is 1. The van der Waals surface area contributed by atoms with Crippen LogP contribution in [0.4, 0.5) is 0 Å². The molecule has 1 unspecified atom stereocenters. The Morgan fingerprint density at radius 1 is 1.75 bits per heavy atom. The molecule has 0 aliphatic carbocycles. The Balaban J connectivity index is 2.22. The molecule has 48 valence electrons. The van der Waals surface area contributed by atoms with E-state index in [1.165, 1.54) is 0 Å². The first-order valence-electron chi connectivity index (χ1n) is 3.23. The summed E-state index contributed by atoms with van der Waals surface area (Å²) >= 11 is 0. The van der Waals surface area contributed by atoms with Crippen molar-refractivity contribution in [1.29, 1.82) is 0 Å². The minimum absolute atomic E-state index is 0.0463. The van der Waals surface area contributed by atoms with Gasteiger partial charge < -0.3 is 10.0 Å². The predicted octanol–water partition coefficient (Wildman–Crippen LogP) is 0.0729. The summed E-state index contributed by atoms with van der Waals surface area (Å²) in [5, 5.41) is 8.99. The van der Waals surface area contributed by atoms with Gasteiger partial charge in [0.05, 0.1) is 6.10 Å². The van der Waals surface area contributed by atoms with Crippen molar-refractivity contribution in [1.82, 2.24) is 4.90 Å². The first-order chi connectivity index (χ1) is 3.83.